The van der Waals surface area contributed by atoms with E-state index < -0.39 is 24.3 Å². The normalized spacial score (nSPS) is 13.1. The monoisotopic (exact) mass is 1140 g/mol. The smallest absolute Gasteiger partial charge is 0.361 e. The van der Waals surface area contributed by atoms with Crippen LogP contribution in [0.4, 0.5) is 0 Å². The van der Waals surface area contributed by atoms with Crippen LogP contribution in [0.5, 0.6) is 0 Å². The van der Waals surface area contributed by atoms with Crippen LogP contribution < -0.4 is 0 Å². The summed E-state index contributed by atoms with van der Waals surface area (Å²) < 4.78 is 22.9. The molecule has 0 radical (unpaired) electrons. The maximum absolute atomic E-state index is 12.9. The van der Waals surface area contributed by atoms with Gasteiger partial charge < -0.3 is 28.5 Å². The number of carboxylic acid groups (broad SMARTS) is 1. The molecular formula is C72H130NO8+. The number of ether oxygens (including phenoxy) is 4. The number of quaternary nitrogens is 1. The zero-order chi connectivity index (χ0) is 59.1. The second-order valence-electron chi connectivity index (χ2n) is 24.1. The Hall–Kier alpha value is -3.27. The van der Waals surface area contributed by atoms with Gasteiger partial charge in [0.2, 0.25) is 0 Å². The second kappa shape index (κ2) is 62.8. The first kappa shape index (κ1) is 77.7. The number of carbonyl (C=O) groups is 3. The van der Waals surface area contributed by atoms with Gasteiger partial charge in [-0.05, 0) is 83.5 Å². The lowest BCUT2D eigenvalue weighted by molar-refractivity contribution is -0.870. The van der Waals surface area contributed by atoms with E-state index in [4.69, 9.17) is 18.9 Å². The van der Waals surface area contributed by atoms with Crippen molar-refractivity contribution in [2.45, 2.75) is 322 Å². The maximum atomic E-state index is 12.9. The molecule has 1 N–H and O–H groups in total. The van der Waals surface area contributed by atoms with Crippen LogP contribution in [0.1, 0.15) is 309 Å². The number of esters is 2. The minimum Gasteiger partial charge on any atom is -0.477 e. The number of carboxylic acids is 1. The van der Waals surface area contributed by atoms with Crippen molar-refractivity contribution < 1.29 is 42.9 Å². The average molecular weight is 1140 g/mol. The molecule has 0 aromatic heterocycles. The highest BCUT2D eigenvalue weighted by Gasteiger charge is 2.25. The van der Waals surface area contributed by atoms with Crippen LogP contribution in [0.3, 0.4) is 0 Å². The highest BCUT2D eigenvalue weighted by Crippen LogP contribution is 2.18. The summed E-state index contributed by atoms with van der Waals surface area (Å²) in [4.78, 5) is 37.5. The highest BCUT2D eigenvalue weighted by molar-refractivity contribution is 5.71. The van der Waals surface area contributed by atoms with E-state index >= 15 is 0 Å². The Balaban J connectivity index is 3.92. The molecule has 0 amide bonds. The third-order valence-corrected chi connectivity index (χ3v) is 14.9. The summed E-state index contributed by atoms with van der Waals surface area (Å²) in [6.45, 7) is 4.75. The first-order valence-corrected chi connectivity index (χ1v) is 34.1. The number of hydrogen-bond acceptors (Lipinski definition) is 7. The topological polar surface area (TPSA) is 108 Å². The Bertz CT molecular complexity index is 1560. The Morgan fingerprint density at radius 3 is 1.05 bits per heavy atom. The molecule has 0 saturated carbocycles. The summed E-state index contributed by atoms with van der Waals surface area (Å²) in [6.07, 6.45) is 80.4. The first-order chi connectivity index (χ1) is 39.6. The quantitative estimate of drug-likeness (QED) is 0.0211. The molecule has 470 valence electrons. The van der Waals surface area contributed by atoms with Crippen molar-refractivity contribution in [1.82, 2.24) is 0 Å². The molecular weight excluding hydrogens is 1010 g/mol. The van der Waals surface area contributed by atoms with E-state index in [0.29, 0.717) is 11.0 Å². The van der Waals surface area contributed by atoms with Crippen LogP contribution in [0.25, 0.3) is 0 Å². The van der Waals surface area contributed by atoms with Gasteiger partial charge in [0.25, 0.3) is 6.29 Å². The van der Waals surface area contributed by atoms with Crippen molar-refractivity contribution in [3.63, 3.8) is 0 Å². The standard InChI is InChI=1S/C72H129NO8/c1-6-8-10-12-14-16-18-20-22-23-24-25-26-27-28-29-30-31-32-33-34-35-36-37-38-39-40-41-42-43-44-45-46-47-49-51-53-55-57-59-61-63-70(75)81-68(67-80-72(71(76)77)78-65-64-73(3,4)5)66-79-69(74)62-60-58-56-54-52-50-48-21-19-17-15-13-11-9-7-2/h8,10,14-17,20-22,24-25,48,68,72H,6-7,9,11-13,18-19,23,26-47,49-67H2,1-5H3/p+1/b10-8-,16-14-,17-15-,22-20-,25-24-,48-21-. The zero-order valence-electron chi connectivity index (χ0n) is 53.7. The summed E-state index contributed by atoms with van der Waals surface area (Å²) in [6, 6.07) is 0. The molecule has 0 fully saturated rings. The molecule has 2 unspecified atom stereocenters. The van der Waals surface area contributed by atoms with Crippen molar-refractivity contribution in [3.05, 3.63) is 72.9 Å². The molecule has 0 bridgehead atoms. The molecule has 81 heavy (non-hydrogen) atoms. The summed E-state index contributed by atoms with van der Waals surface area (Å²) in [5, 5.41) is 9.71. The molecule has 0 aliphatic heterocycles. The zero-order valence-corrected chi connectivity index (χ0v) is 53.7. The minimum absolute atomic E-state index is 0.186. The number of carbonyl (C=O) groups excluding carboxylic acids is 2. The van der Waals surface area contributed by atoms with Gasteiger partial charge in [-0.2, -0.15) is 0 Å². The van der Waals surface area contributed by atoms with E-state index in [1.54, 1.807) is 0 Å². The summed E-state index contributed by atoms with van der Waals surface area (Å²) in [7, 11) is 5.97. The van der Waals surface area contributed by atoms with Gasteiger partial charge in [-0.25, -0.2) is 4.79 Å². The molecule has 0 spiro atoms. The molecule has 0 rings (SSSR count). The van der Waals surface area contributed by atoms with Crippen molar-refractivity contribution in [2.75, 3.05) is 47.5 Å². The van der Waals surface area contributed by atoms with E-state index in [1.807, 2.05) is 21.1 Å². The van der Waals surface area contributed by atoms with Gasteiger partial charge in [0.15, 0.2) is 6.10 Å². The summed E-state index contributed by atoms with van der Waals surface area (Å²) in [5.74, 6) is -2.01. The first-order valence-electron chi connectivity index (χ1n) is 34.1. The highest BCUT2D eigenvalue weighted by atomic mass is 16.7. The third-order valence-electron chi connectivity index (χ3n) is 14.9. The number of likely N-dealkylation sites (N-methyl/N-ethyl adjacent to an activating group) is 1. The number of unbranched alkanes of at least 4 members (excludes halogenated alkanes) is 36. The van der Waals surface area contributed by atoms with E-state index in [-0.39, 0.29) is 38.6 Å². The van der Waals surface area contributed by atoms with E-state index in [2.05, 4.69) is 86.8 Å². The number of nitrogens with zero attached hydrogens (tertiary/aromatic N) is 1. The predicted molar refractivity (Wildman–Crippen MR) is 346 cm³/mol. The van der Waals surface area contributed by atoms with Crippen molar-refractivity contribution >= 4 is 17.9 Å². The van der Waals surface area contributed by atoms with Gasteiger partial charge in [0.1, 0.15) is 13.2 Å². The molecule has 0 aromatic rings. The van der Waals surface area contributed by atoms with E-state index in [1.165, 1.54) is 193 Å². The van der Waals surface area contributed by atoms with Gasteiger partial charge in [-0.3, -0.25) is 9.59 Å². The molecule has 0 heterocycles. The van der Waals surface area contributed by atoms with Crippen LogP contribution in [-0.2, 0) is 33.3 Å². The summed E-state index contributed by atoms with van der Waals surface area (Å²) >= 11 is 0. The molecule has 0 aliphatic rings. The van der Waals surface area contributed by atoms with E-state index in [0.717, 1.165) is 89.9 Å². The minimum atomic E-state index is -1.51. The largest absolute Gasteiger partial charge is 0.477 e. The Labute approximate surface area is 500 Å². The van der Waals surface area contributed by atoms with Gasteiger partial charge in [0.05, 0.1) is 34.4 Å². The van der Waals surface area contributed by atoms with Crippen LogP contribution in [0.2, 0.25) is 0 Å². The van der Waals surface area contributed by atoms with Crippen LogP contribution >= 0.6 is 0 Å². The van der Waals surface area contributed by atoms with Crippen molar-refractivity contribution in [3.8, 4) is 0 Å². The lowest BCUT2D eigenvalue weighted by Crippen LogP contribution is -2.40. The lowest BCUT2D eigenvalue weighted by Gasteiger charge is -2.25. The molecule has 9 heteroatoms. The van der Waals surface area contributed by atoms with Crippen LogP contribution in [0.15, 0.2) is 72.9 Å². The fraction of sp³-hybridized carbons (Fsp3) is 0.792. The van der Waals surface area contributed by atoms with Crippen molar-refractivity contribution in [1.29, 1.82) is 0 Å². The summed E-state index contributed by atoms with van der Waals surface area (Å²) in [5.41, 5.74) is 0. The Morgan fingerprint density at radius 1 is 0.383 bits per heavy atom. The Morgan fingerprint density at radius 2 is 0.704 bits per heavy atom. The van der Waals surface area contributed by atoms with Crippen LogP contribution in [0, 0.1) is 0 Å². The second-order valence-corrected chi connectivity index (χ2v) is 24.1. The number of aliphatic carboxylic acids is 1. The van der Waals surface area contributed by atoms with Gasteiger partial charge in [-0.15, -0.1) is 0 Å². The molecule has 0 saturated heterocycles. The molecule has 0 aromatic carbocycles. The SMILES string of the molecule is CC/C=C\C/C=C\C/C=C\C/C=C\CCCCCCCCCCCCCCCCCCCCCCCCCCCCCCC(=O)OC(COC(=O)CCCCCCC/C=C\C/C=C\CCCCC)COC(OCC[N+](C)(C)C)C(=O)O. The predicted octanol–water partition coefficient (Wildman–Crippen LogP) is 20.9. The van der Waals surface area contributed by atoms with Gasteiger partial charge in [-0.1, -0.05) is 286 Å². The van der Waals surface area contributed by atoms with E-state index in [9.17, 15) is 19.5 Å². The van der Waals surface area contributed by atoms with Crippen LogP contribution in [-0.4, -0.2) is 87.4 Å². The van der Waals surface area contributed by atoms with Crippen molar-refractivity contribution in [2.24, 2.45) is 0 Å². The number of rotatable bonds is 63. The fourth-order valence-corrected chi connectivity index (χ4v) is 9.74. The molecule has 0 aliphatic carbocycles. The number of hydrogen-bond donors (Lipinski definition) is 1. The van der Waals surface area contributed by atoms with Gasteiger partial charge >= 0.3 is 17.9 Å². The van der Waals surface area contributed by atoms with Gasteiger partial charge in [0, 0.05) is 12.8 Å². The molecule has 2 atom stereocenters. The third kappa shape index (κ3) is 64.1. The average Bonchev–Trinajstić information content (AvgIpc) is 3.44. The Kier molecular flexibility index (Phi) is 60.2. The lowest BCUT2D eigenvalue weighted by atomic mass is 10.0. The fourth-order valence-electron chi connectivity index (χ4n) is 9.74. The molecule has 9 nitrogen and oxygen atoms in total. The number of allylic oxidation sites excluding steroid dienone is 12. The maximum Gasteiger partial charge on any atom is 0.361 e.